The highest BCUT2D eigenvalue weighted by atomic mass is 35.5. The number of halogens is 1. The van der Waals surface area contributed by atoms with E-state index < -0.39 is 4.92 Å². The van der Waals surface area contributed by atoms with Gasteiger partial charge in [-0.3, -0.25) is 10.1 Å². The molecule has 0 bridgehead atoms. The summed E-state index contributed by atoms with van der Waals surface area (Å²) in [6.45, 7) is 2.87. The number of hydrogen-bond donors (Lipinski definition) is 0. The predicted molar refractivity (Wildman–Crippen MR) is 79.7 cm³/mol. The van der Waals surface area contributed by atoms with Crippen molar-refractivity contribution >= 4 is 34.4 Å². The van der Waals surface area contributed by atoms with Crippen molar-refractivity contribution in [3.05, 3.63) is 49.3 Å². The van der Waals surface area contributed by atoms with E-state index in [2.05, 4.69) is 28.3 Å². The third kappa shape index (κ3) is 2.25. The zero-order valence-electron chi connectivity index (χ0n) is 10.7. The molecule has 0 aliphatic carbocycles. The summed E-state index contributed by atoms with van der Waals surface area (Å²) in [6, 6.07) is 5.01. The number of thiophene rings is 1. The van der Waals surface area contributed by atoms with Gasteiger partial charge in [0.2, 0.25) is 0 Å². The molecule has 5 nitrogen and oxygen atoms in total. The van der Waals surface area contributed by atoms with E-state index >= 15 is 0 Å². The Labute approximate surface area is 125 Å². The quantitative estimate of drug-likeness (QED) is 0.480. The maximum absolute atomic E-state index is 10.9. The molecular weight excluding hydrogens is 298 g/mol. The van der Waals surface area contributed by atoms with Crippen molar-refractivity contribution in [2.45, 2.75) is 19.4 Å². The first kappa shape index (κ1) is 13.3. The number of nitro groups is 1. The van der Waals surface area contributed by atoms with Gasteiger partial charge in [0.15, 0.2) is 0 Å². The van der Waals surface area contributed by atoms with Gasteiger partial charge in [0.05, 0.1) is 23.1 Å². The van der Waals surface area contributed by atoms with Crippen molar-refractivity contribution in [2.24, 2.45) is 0 Å². The van der Waals surface area contributed by atoms with E-state index in [0.29, 0.717) is 5.82 Å². The van der Waals surface area contributed by atoms with Gasteiger partial charge in [-0.05, 0) is 30.4 Å². The lowest BCUT2D eigenvalue weighted by Crippen LogP contribution is -2.33. The van der Waals surface area contributed by atoms with Gasteiger partial charge in [-0.15, -0.1) is 11.3 Å². The molecule has 2 aromatic rings. The number of anilines is 1. The van der Waals surface area contributed by atoms with Crippen LogP contribution >= 0.6 is 22.9 Å². The molecule has 3 heterocycles. The van der Waals surface area contributed by atoms with Crippen LogP contribution in [-0.2, 0) is 6.42 Å². The number of rotatable bonds is 2. The van der Waals surface area contributed by atoms with E-state index in [1.165, 1.54) is 22.6 Å². The van der Waals surface area contributed by atoms with Gasteiger partial charge in [-0.25, -0.2) is 4.98 Å². The number of hydrogen-bond acceptors (Lipinski definition) is 5. The van der Waals surface area contributed by atoms with Gasteiger partial charge in [0.25, 0.3) is 5.69 Å². The number of fused-ring (bicyclic) bond motifs is 1. The van der Waals surface area contributed by atoms with Gasteiger partial charge >= 0.3 is 0 Å². The predicted octanol–water partition coefficient (Wildman–Crippen LogP) is 3.83. The maximum atomic E-state index is 10.9. The van der Waals surface area contributed by atoms with Crippen LogP contribution in [0.3, 0.4) is 0 Å². The molecule has 0 amide bonds. The summed E-state index contributed by atoms with van der Waals surface area (Å²) in [5.74, 6) is 0.563. The van der Waals surface area contributed by atoms with Gasteiger partial charge in [0.1, 0.15) is 11.0 Å². The molecule has 104 valence electrons. The minimum Gasteiger partial charge on any atom is -0.349 e. The fraction of sp³-hybridized carbons (Fsp3) is 0.308. The van der Waals surface area contributed by atoms with Crippen LogP contribution in [0.2, 0.25) is 5.15 Å². The van der Waals surface area contributed by atoms with E-state index in [4.69, 9.17) is 11.6 Å². The highest BCUT2D eigenvalue weighted by Crippen LogP contribution is 2.36. The van der Waals surface area contributed by atoms with Crippen LogP contribution in [0.25, 0.3) is 0 Å². The molecule has 1 aliphatic rings. The minimum absolute atomic E-state index is 0.0247. The van der Waals surface area contributed by atoms with Crippen LogP contribution in [0.5, 0.6) is 0 Å². The van der Waals surface area contributed by atoms with Crippen LogP contribution < -0.4 is 4.90 Å². The first-order valence-corrected chi connectivity index (χ1v) is 7.47. The second-order valence-electron chi connectivity index (χ2n) is 4.68. The summed E-state index contributed by atoms with van der Waals surface area (Å²) in [4.78, 5) is 18.2. The second-order valence-corrected chi connectivity index (χ2v) is 6.07. The molecule has 2 aromatic heterocycles. The maximum Gasteiger partial charge on any atom is 0.276 e. The smallest absolute Gasteiger partial charge is 0.276 e. The molecule has 1 unspecified atom stereocenters. The van der Waals surface area contributed by atoms with E-state index in [-0.39, 0.29) is 16.9 Å². The summed E-state index contributed by atoms with van der Waals surface area (Å²) in [5, 5.41) is 13.2. The first-order chi connectivity index (χ1) is 9.56. The average Bonchev–Trinajstić information content (AvgIpc) is 2.87. The summed E-state index contributed by atoms with van der Waals surface area (Å²) >= 11 is 7.66. The van der Waals surface area contributed by atoms with Crippen molar-refractivity contribution in [2.75, 3.05) is 11.4 Å². The molecule has 1 atom stereocenters. The van der Waals surface area contributed by atoms with Crippen LogP contribution in [0.15, 0.2) is 23.6 Å². The van der Waals surface area contributed by atoms with Crippen LogP contribution in [0, 0.1) is 10.1 Å². The molecule has 0 aromatic carbocycles. The van der Waals surface area contributed by atoms with E-state index in [1.54, 1.807) is 11.3 Å². The van der Waals surface area contributed by atoms with Gasteiger partial charge < -0.3 is 4.90 Å². The zero-order chi connectivity index (χ0) is 14.3. The molecule has 0 saturated heterocycles. The third-order valence-corrected chi connectivity index (χ3v) is 4.74. The molecule has 0 N–H and O–H groups in total. The van der Waals surface area contributed by atoms with E-state index in [1.807, 2.05) is 0 Å². The highest BCUT2D eigenvalue weighted by Gasteiger charge is 2.27. The lowest BCUT2D eigenvalue weighted by molar-refractivity contribution is -0.384. The zero-order valence-corrected chi connectivity index (χ0v) is 12.3. The third-order valence-electron chi connectivity index (χ3n) is 3.55. The van der Waals surface area contributed by atoms with Crippen molar-refractivity contribution in [1.29, 1.82) is 0 Å². The van der Waals surface area contributed by atoms with Crippen molar-refractivity contribution in [3.63, 3.8) is 0 Å². The molecule has 0 saturated carbocycles. The summed E-state index contributed by atoms with van der Waals surface area (Å²) < 4.78 is 0. The number of nitrogens with zero attached hydrogens (tertiary/aromatic N) is 3. The SMILES string of the molecule is CC1c2ccsc2CCN1c1cc([N+](=O)[O-])cc(Cl)n1. The Bertz CT molecular complexity index is 673. The molecule has 7 heteroatoms. The Balaban J connectivity index is 2.00. The Morgan fingerprint density at radius 1 is 1.55 bits per heavy atom. The van der Waals surface area contributed by atoms with Gasteiger partial charge in [0, 0.05) is 11.4 Å². The first-order valence-electron chi connectivity index (χ1n) is 6.21. The molecule has 1 aliphatic heterocycles. The molecule has 20 heavy (non-hydrogen) atoms. The lowest BCUT2D eigenvalue weighted by atomic mass is 10.0. The standard InChI is InChI=1S/C13H12ClN3O2S/c1-8-10-3-5-20-11(10)2-4-16(8)13-7-9(17(18)19)6-12(14)15-13/h3,5-8H,2,4H2,1H3. The lowest BCUT2D eigenvalue weighted by Gasteiger charge is -2.34. The van der Waals surface area contributed by atoms with Crippen LogP contribution in [0.1, 0.15) is 23.4 Å². The second kappa shape index (κ2) is 5.03. The van der Waals surface area contributed by atoms with Crippen molar-refractivity contribution in [3.8, 4) is 0 Å². The molecule has 3 rings (SSSR count). The largest absolute Gasteiger partial charge is 0.349 e. The van der Waals surface area contributed by atoms with Crippen molar-refractivity contribution < 1.29 is 4.92 Å². The van der Waals surface area contributed by atoms with Gasteiger partial charge in [-0.1, -0.05) is 11.6 Å². The number of pyridine rings is 1. The topological polar surface area (TPSA) is 59.3 Å². The monoisotopic (exact) mass is 309 g/mol. The Kier molecular flexibility index (Phi) is 3.35. The number of aromatic nitrogens is 1. The fourth-order valence-corrected chi connectivity index (χ4v) is 3.71. The Morgan fingerprint density at radius 3 is 3.10 bits per heavy atom. The molecule has 0 radical (unpaired) electrons. The highest BCUT2D eigenvalue weighted by molar-refractivity contribution is 7.10. The van der Waals surface area contributed by atoms with E-state index in [0.717, 1.165) is 13.0 Å². The Hall–Kier alpha value is -1.66. The summed E-state index contributed by atoms with van der Waals surface area (Å²) in [7, 11) is 0. The Morgan fingerprint density at radius 2 is 2.35 bits per heavy atom. The molecular formula is C13H12ClN3O2S. The summed E-state index contributed by atoms with van der Waals surface area (Å²) in [6.07, 6.45) is 0.930. The van der Waals surface area contributed by atoms with Gasteiger partial charge in [-0.2, -0.15) is 0 Å². The summed E-state index contributed by atoms with van der Waals surface area (Å²) in [5.41, 5.74) is 1.24. The average molecular weight is 310 g/mol. The van der Waals surface area contributed by atoms with Crippen LogP contribution in [-0.4, -0.2) is 16.5 Å². The molecule has 0 fully saturated rings. The fourth-order valence-electron chi connectivity index (χ4n) is 2.54. The van der Waals surface area contributed by atoms with Crippen LogP contribution in [0.4, 0.5) is 11.5 Å². The van der Waals surface area contributed by atoms with E-state index in [9.17, 15) is 10.1 Å². The van der Waals surface area contributed by atoms with Crippen molar-refractivity contribution in [1.82, 2.24) is 4.98 Å². The minimum atomic E-state index is -0.443. The normalized spacial score (nSPS) is 17.9. The molecule has 0 spiro atoms.